The molecule has 2 aromatic carbocycles. The number of ether oxygens (including phenoxy) is 1. The van der Waals surface area contributed by atoms with Gasteiger partial charge in [-0.2, -0.15) is 0 Å². The van der Waals surface area contributed by atoms with E-state index in [4.69, 9.17) is 9.15 Å². The average molecular weight is 463 g/mol. The van der Waals surface area contributed by atoms with Gasteiger partial charge >= 0.3 is 0 Å². The number of aromatic nitrogens is 3. The number of methoxy groups -OCH3 is 1. The number of nitrogens with zero attached hydrogens (tertiary/aromatic N) is 3. The van der Waals surface area contributed by atoms with Gasteiger partial charge in [0.1, 0.15) is 5.75 Å². The van der Waals surface area contributed by atoms with Crippen LogP contribution < -0.4 is 10.1 Å². The molecule has 7 nitrogen and oxygen atoms in total. The van der Waals surface area contributed by atoms with E-state index < -0.39 is 0 Å². The molecular formula is C25H26N4O3S. The Kier molecular flexibility index (Phi) is 7.47. The first kappa shape index (κ1) is 22.7. The summed E-state index contributed by atoms with van der Waals surface area (Å²) in [7, 11) is 1.64. The Morgan fingerprint density at radius 1 is 1.09 bits per heavy atom. The van der Waals surface area contributed by atoms with Gasteiger partial charge in [-0.15, -0.1) is 10.2 Å². The summed E-state index contributed by atoms with van der Waals surface area (Å²) in [6.45, 7) is 2.00. The minimum Gasteiger partial charge on any atom is -0.497 e. The van der Waals surface area contributed by atoms with Crippen molar-refractivity contribution in [3.05, 3.63) is 78.6 Å². The van der Waals surface area contributed by atoms with Crippen molar-refractivity contribution < 1.29 is 13.9 Å². The molecule has 0 bridgehead atoms. The Morgan fingerprint density at radius 2 is 1.88 bits per heavy atom. The average Bonchev–Trinajstić information content (AvgIpc) is 3.52. The summed E-state index contributed by atoms with van der Waals surface area (Å²) in [5.74, 6) is 2.82. The number of benzene rings is 2. The van der Waals surface area contributed by atoms with Crippen molar-refractivity contribution in [2.24, 2.45) is 0 Å². The van der Waals surface area contributed by atoms with Crippen LogP contribution >= 0.6 is 11.8 Å². The molecule has 0 aliphatic heterocycles. The zero-order valence-corrected chi connectivity index (χ0v) is 19.4. The first-order chi connectivity index (χ1) is 16.2. The molecular weight excluding hydrogens is 436 g/mol. The van der Waals surface area contributed by atoms with Gasteiger partial charge in [-0.05, 0) is 55.3 Å². The number of carbonyl (C=O) groups excluding carboxylic acids is 1. The summed E-state index contributed by atoms with van der Waals surface area (Å²) in [6.07, 6.45) is 2.79. The molecule has 4 aromatic rings. The lowest BCUT2D eigenvalue weighted by molar-refractivity contribution is -0.121. The third kappa shape index (κ3) is 5.64. The third-order valence-corrected chi connectivity index (χ3v) is 6.18. The van der Waals surface area contributed by atoms with Gasteiger partial charge in [0.05, 0.1) is 25.1 Å². The lowest BCUT2D eigenvalue weighted by Crippen LogP contribution is -2.26. The molecule has 1 N–H and O–H groups in total. The Morgan fingerprint density at radius 3 is 2.58 bits per heavy atom. The van der Waals surface area contributed by atoms with Gasteiger partial charge in [0, 0.05) is 12.2 Å². The van der Waals surface area contributed by atoms with E-state index in [1.54, 1.807) is 25.1 Å². The topological polar surface area (TPSA) is 82.2 Å². The highest BCUT2D eigenvalue weighted by molar-refractivity contribution is 7.99. The molecule has 4 rings (SSSR count). The van der Waals surface area contributed by atoms with Crippen molar-refractivity contribution in [2.45, 2.75) is 31.0 Å². The summed E-state index contributed by atoms with van der Waals surface area (Å²) < 4.78 is 12.8. The van der Waals surface area contributed by atoms with Crippen LogP contribution in [-0.2, 0) is 4.79 Å². The van der Waals surface area contributed by atoms with Crippen molar-refractivity contribution in [3.63, 3.8) is 0 Å². The number of thioether (sulfide) groups is 1. The minimum absolute atomic E-state index is 0.0135. The fourth-order valence-corrected chi connectivity index (χ4v) is 4.32. The normalized spacial score (nSPS) is 11.8. The van der Waals surface area contributed by atoms with E-state index in [9.17, 15) is 4.79 Å². The van der Waals surface area contributed by atoms with Gasteiger partial charge in [0.25, 0.3) is 0 Å². The standard InChI is InChI=1S/C25H26N4O3S/c1-18(19-8-4-3-5-9-19)26-23(30)11-7-17-33-25-28-27-24(22-10-6-16-32-22)29(25)20-12-14-21(31-2)15-13-20/h3-6,8-10,12-16,18H,7,11,17H2,1-2H3,(H,26,30). The SMILES string of the molecule is COc1ccc(-n2c(SCCCC(=O)NC(C)c3ccccc3)nnc2-c2ccco2)cc1. The van der Waals surface area contributed by atoms with Gasteiger partial charge in [-0.25, -0.2) is 0 Å². The van der Waals surface area contributed by atoms with Crippen LogP contribution in [0.2, 0.25) is 0 Å². The van der Waals surface area contributed by atoms with Crippen molar-refractivity contribution in [2.75, 3.05) is 12.9 Å². The number of nitrogens with one attached hydrogen (secondary N) is 1. The Labute approximate surface area is 197 Å². The molecule has 1 unspecified atom stereocenters. The molecule has 1 atom stereocenters. The zero-order chi connectivity index (χ0) is 23.0. The van der Waals surface area contributed by atoms with Gasteiger partial charge < -0.3 is 14.5 Å². The molecule has 8 heteroatoms. The zero-order valence-electron chi connectivity index (χ0n) is 18.6. The molecule has 0 saturated carbocycles. The maximum atomic E-state index is 12.4. The first-order valence-corrected chi connectivity index (χ1v) is 11.7. The first-order valence-electron chi connectivity index (χ1n) is 10.8. The Hall–Kier alpha value is -3.52. The van der Waals surface area contributed by atoms with Crippen molar-refractivity contribution in [1.82, 2.24) is 20.1 Å². The molecule has 0 saturated heterocycles. The predicted octanol–water partition coefficient (Wildman–Crippen LogP) is 5.29. The van der Waals surface area contributed by atoms with Crippen LogP contribution in [0.3, 0.4) is 0 Å². The summed E-state index contributed by atoms with van der Waals surface area (Å²) in [6, 6.07) is 21.3. The molecule has 2 heterocycles. The van der Waals surface area contributed by atoms with E-state index in [0.717, 1.165) is 34.3 Å². The van der Waals surface area contributed by atoms with Crippen molar-refractivity contribution in [3.8, 4) is 23.0 Å². The van der Waals surface area contributed by atoms with Crippen LogP contribution in [0.25, 0.3) is 17.3 Å². The predicted molar refractivity (Wildman–Crippen MR) is 129 cm³/mol. The van der Waals surface area contributed by atoms with Crippen molar-refractivity contribution in [1.29, 1.82) is 0 Å². The van der Waals surface area contributed by atoms with Gasteiger partial charge in [-0.3, -0.25) is 9.36 Å². The Bertz CT molecular complexity index is 1160. The van der Waals surface area contributed by atoms with Crippen LogP contribution in [0.1, 0.15) is 31.4 Å². The molecule has 0 aliphatic rings. The fourth-order valence-electron chi connectivity index (χ4n) is 3.43. The highest BCUT2D eigenvalue weighted by Gasteiger charge is 2.18. The monoisotopic (exact) mass is 462 g/mol. The Balaban J connectivity index is 1.39. The van der Waals surface area contributed by atoms with Crippen LogP contribution in [0, 0.1) is 0 Å². The summed E-state index contributed by atoms with van der Waals surface area (Å²) in [5.41, 5.74) is 2.00. The summed E-state index contributed by atoms with van der Waals surface area (Å²) in [5, 5.41) is 12.5. The highest BCUT2D eigenvalue weighted by Crippen LogP contribution is 2.29. The molecule has 0 fully saturated rings. The van der Waals surface area contributed by atoms with E-state index in [1.807, 2.05) is 78.2 Å². The largest absolute Gasteiger partial charge is 0.497 e. The second-order valence-corrected chi connectivity index (χ2v) is 8.53. The van der Waals surface area contributed by atoms with Gasteiger partial charge in [0.15, 0.2) is 10.9 Å². The quantitative estimate of drug-likeness (QED) is 0.255. The minimum atomic E-state index is -0.0135. The van der Waals surface area contributed by atoms with E-state index in [0.29, 0.717) is 18.0 Å². The molecule has 1 amide bonds. The number of amides is 1. The molecule has 0 aliphatic carbocycles. The highest BCUT2D eigenvalue weighted by atomic mass is 32.2. The second-order valence-electron chi connectivity index (χ2n) is 7.47. The number of rotatable bonds is 10. The third-order valence-electron chi connectivity index (χ3n) is 5.16. The van der Waals surface area contributed by atoms with E-state index >= 15 is 0 Å². The molecule has 0 spiro atoms. The maximum absolute atomic E-state index is 12.4. The summed E-state index contributed by atoms with van der Waals surface area (Å²) >= 11 is 1.56. The van der Waals surface area contributed by atoms with E-state index in [1.165, 1.54) is 0 Å². The lowest BCUT2D eigenvalue weighted by Gasteiger charge is -2.14. The smallest absolute Gasteiger partial charge is 0.220 e. The number of hydrogen-bond donors (Lipinski definition) is 1. The lowest BCUT2D eigenvalue weighted by atomic mass is 10.1. The molecule has 170 valence electrons. The van der Waals surface area contributed by atoms with Crippen LogP contribution in [0.4, 0.5) is 0 Å². The van der Waals surface area contributed by atoms with Crippen molar-refractivity contribution >= 4 is 17.7 Å². The summed E-state index contributed by atoms with van der Waals surface area (Å²) in [4.78, 5) is 12.4. The number of carbonyl (C=O) groups is 1. The second kappa shape index (κ2) is 10.9. The molecule has 2 aromatic heterocycles. The number of hydrogen-bond acceptors (Lipinski definition) is 6. The molecule has 33 heavy (non-hydrogen) atoms. The van der Waals surface area contributed by atoms with Crippen LogP contribution in [0.15, 0.2) is 82.6 Å². The van der Waals surface area contributed by atoms with Gasteiger partial charge in [0.2, 0.25) is 11.7 Å². The van der Waals surface area contributed by atoms with E-state index in [-0.39, 0.29) is 11.9 Å². The van der Waals surface area contributed by atoms with Crippen LogP contribution in [-0.4, -0.2) is 33.5 Å². The fraction of sp³-hybridized carbons (Fsp3) is 0.240. The van der Waals surface area contributed by atoms with Crippen LogP contribution in [0.5, 0.6) is 5.75 Å². The van der Waals surface area contributed by atoms with E-state index in [2.05, 4.69) is 15.5 Å². The van der Waals surface area contributed by atoms with Gasteiger partial charge in [-0.1, -0.05) is 42.1 Å². The molecule has 0 radical (unpaired) electrons. The number of furan rings is 1. The maximum Gasteiger partial charge on any atom is 0.220 e.